The van der Waals surface area contributed by atoms with Crippen molar-refractivity contribution in [1.29, 1.82) is 0 Å². The predicted octanol–water partition coefficient (Wildman–Crippen LogP) is 3.49. The Kier molecular flexibility index (Phi) is 6.76. The Bertz CT molecular complexity index is 927. The van der Waals surface area contributed by atoms with Crippen LogP contribution in [0, 0.1) is 5.92 Å². The molecule has 0 bridgehead atoms. The minimum absolute atomic E-state index is 0.168. The molecule has 1 aliphatic rings. The van der Waals surface area contributed by atoms with E-state index in [4.69, 9.17) is 9.47 Å². The number of amides is 1. The van der Waals surface area contributed by atoms with Crippen LogP contribution in [0.25, 0.3) is 0 Å². The molecule has 0 saturated carbocycles. The molecule has 0 spiro atoms. The highest BCUT2D eigenvalue weighted by molar-refractivity contribution is 7.88. The van der Waals surface area contributed by atoms with E-state index in [2.05, 4.69) is 5.32 Å². The van der Waals surface area contributed by atoms with E-state index in [0.717, 1.165) is 5.75 Å². The summed E-state index contributed by atoms with van der Waals surface area (Å²) in [6, 6.07) is 14.4. The van der Waals surface area contributed by atoms with Gasteiger partial charge in [0.05, 0.1) is 18.8 Å². The Labute approximate surface area is 171 Å². The van der Waals surface area contributed by atoms with Gasteiger partial charge in [-0.15, -0.1) is 0 Å². The minimum Gasteiger partial charge on any atom is -0.494 e. The first-order chi connectivity index (χ1) is 13.8. The Morgan fingerprint density at radius 2 is 1.66 bits per heavy atom. The van der Waals surface area contributed by atoms with Crippen LogP contribution in [0.1, 0.15) is 19.8 Å². The zero-order valence-electron chi connectivity index (χ0n) is 16.6. The molecule has 0 radical (unpaired) electrons. The van der Waals surface area contributed by atoms with E-state index in [0.29, 0.717) is 43.2 Å². The highest BCUT2D eigenvalue weighted by Gasteiger charge is 2.30. The lowest BCUT2D eigenvalue weighted by Gasteiger charge is -2.30. The van der Waals surface area contributed by atoms with Gasteiger partial charge in [-0.25, -0.2) is 12.7 Å². The van der Waals surface area contributed by atoms with Crippen LogP contribution in [0.4, 0.5) is 5.69 Å². The van der Waals surface area contributed by atoms with E-state index in [-0.39, 0.29) is 18.4 Å². The number of ether oxygens (including phenoxy) is 2. The Hall–Kier alpha value is -2.58. The number of hydrogen-bond acceptors (Lipinski definition) is 5. The van der Waals surface area contributed by atoms with Gasteiger partial charge in [0, 0.05) is 18.8 Å². The first-order valence-corrected chi connectivity index (χ1v) is 11.5. The minimum atomic E-state index is -3.28. The van der Waals surface area contributed by atoms with Crippen LogP contribution in [0.3, 0.4) is 0 Å². The predicted molar refractivity (Wildman–Crippen MR) is 112 cm³/mol. The molecule has 1 aliphatic heterocycles. The van der Waals surface area contributed by atoms with Gasteiger partial charge in [-0.1, -0.05) is 0 Å². The van der Waals surface area contributed by atoms with Gasteiger partial charge in [0.25, 0.3) is 0 Å². The van der Waals surface area contributed by atoms with Crippen molar-refractivity contribution in [2.75, 3.05) is 31.3 Å². The number of piperidine rings is 1. The van der Waals surface area contributed by atoms with Gasteiger partial charge >= 0.3 is 0 Å². The molecule has 7 nitrogen and oxygen atoms in total. The largest absolute Gasteiger partial charge is 0.494 e. The van der Waals surface area contributed by atoms with E-state index in [1.165, 1.54) is 10.6 Å². The standard InChI is InChI=1S/C21H26N2O5S/c1-3-27-18-10-12-20(13-11-18)28-19-8-6-17(7-9-19)22-21(24)16-5-4-14-23(15-16)29(2,25)26/h6-13,16H,3-5,14-15H2,1-2H3,(H,22,24)/t16-/m1/s1. The molecule has 0 aliphatic carbocycles. The summed E-state index contributed by atoms with van der Waals surface area (Å²) in [6.45, 7) is 3.24. The molecule has 2 aromatic carbocycles. The molecule has 1 heterocycles. The summed E-state index contributed by atoms with van der Waals surface area (Å²) in [5.74, 6) is 1.60. The van der Waals surface area contributed by atoms with Gasteiger partial charge in [-0.2, -0.15) is 0 Å². The van der Waals surface area contributed by atoms with Crippen molar-refractivity contribution in [3.63, 3.8) is 0 Å². The fraction of sp³-hybridized carbons (Fsp3) is 0.381. The van der Waals surface area contributed by atoms with Crippen LogP contribution in [-0.4, -0.2) is 44.6 Å². The van der Waals surface area contributed by atoms with Crippen molar-refractivity contribution >= 4 is 21.6 Å². The third-order valence-corrected chi connectivity index (χ3v) is 5.99. The van der Waals surface area contributed by atoms with E-state index in [1.54, 1.807) is 24.3 Å². The molecule has 29 heavy (non-hydrogen) atoms. The molecular weight excluding hydrogens is 392 g/mol. The molecular formula is C21H26N2O5S. The molecule has 0 aromatic heterocycles. The number of sulfonamides is 1. The summed E-state index contributed by atoms with van der Waals surface area (Å²) in [5, 5.41) is 2.86. The van der Waals surface area contributed by atoms with Gasteiger partial charge in [0.15, 0.2) is 0 Å². The quantitative estimate of drug-likeness (QED) is 0.744. The zero-order valence-corrected chi connectivity index (χ0v) is 17.4. The van der Waals surface area contributed by atoms with E-state index >= 15 is 0 Å². The lowest BCUT2D eigenvalue weighted by atomic mass is 9.99. The SMILES string of the molecule is CCOc1ccc(Oc2ccc(NC(=O)[C@@H]3CCCN(S(C)(=O)=O)C3)cc2)cc1. The van der Waals surface area contributed by atoms with E-state index in [9.17, 15) is 13.2 Å². The van der Waals surface area contributed by atoms with Crippen LogP contribution in [-0.2, 0) is 14.8 Å². The van der Waals surface area contributed by atoms with Gasteiger partial charge in [0.1, 0.15) is 17.2 Å². The van der Waals surface area contributed by atoms with Gasteiger partial charge in [0.2, 0.25) is 15.9 Å². The highest BCUT2D eigenvalue weighted by Crippen LogP contribution is 2.26. The van der Waals surface area contributed by atoms with Crippen molar-refractivity contribution in [2.24, 2.45) is 5.92 Å². The van der Waals surface area contributed by atoms with Crippen molar-refractivity contribution in [1.82, 2.24) is 4.31 Å². The summed E-state index contributed by atoms with van der Waals surface area (Å²) in [5.41, 5.74) is 0.644. The maximum absolute atomic E-state index is 12.5. The number of benzene rings is 2. The molecule has 156 valence electrons. The van der Waals surface area contributed by atoms with Crippen molar-refractivity contribution in [2.45, 2.75) is 19.8 Å². The zero-order chi connectivity index (χ0) is 20.9. The number of anilines is 1. The van der Waals surface area contributed by atoms with Crippen molar-refractivity contribution in [3.05, 3.63) is 48.5 Å². The number of hydrogen-bond donors (Lipinski definition) is 1. The summed E-state index contributed by atoms with van der Waals surface area (Å²) >= 11 is 0. The second-order valence-electron chi connectivity index (χ2n) is 6.98. The molecule has 1 amide bonds. The average molecular weight is 419 g/mol. The molecule has 2 aromatic rings. The van der Waals surface area contributed by atoms with E-state index < -0.39 is 10.0 Å². The van der Waals surface area contributed by atoms with Gasteiger partial charge in [-0.05, 0) is 68.3 Å². The molecule has 1 fully saturated rings. The van der Waals surface area contributed by atoms with E-state index in [1.807, 2.05) is 31.2 Å². The van der Waals surface area contributed by atoms with Crippen LogP contribution in [0.2, 0.25) is 0 Å². The van der Waals surface area contributed by atoms with Crippen LogP contribution in [0.5, 0.6) is 17.2 Å². The molecule has 1 N–H and O–H groups in total. The monoisotopic (exact) mass is 418 g/mol. The highest BCUT2D eigenvalue weighted by atomic mass is 32.2. The fourth-order valence-electron chi connectivity index (χ4n) is 3.21. The number of nitrogens with one attached hydrogen (secondary N) is 1. The third-order valence-electron chi connectivity index (χ3n) is 4.72. The Balaban J connectivity index is 1.56. The number of nitrogens with zero attached hydrogens (tertiary/aromatic N) is 1. The summed E-state index contributed by atoms with van der Waals surface area (Å²) < 4.78 is 36.0. The Morgan fingerprint density at radius 1 is 1.07 bits per heavy atom. The molecule has 3 rings (SSSR count). The lowest BCUT2D eigenvalue weighted by molar-refractivity contribution is -0.120. The molecule has 0 unspecified atom stereocenters. The topological polar surface area (TPSA) is 84.9 Å². The summed E-state index contributed by atoms with van der Waals surface area (Å²) in [4.78, 5) is 12.5. The molecule has 8 heteroatoms. The first-order valence-electron chi connectivity index (χ1n) is 9.62. The fourth-order valence-corrected chi connectivity index (χ4v) is 4.13. The summed E-state index contributed by atoms with van der Waals surface area (Å²) in [6.07, 6.45) is 2.53. The van der Waals surface area contributed by atoms with Crippen LogP contribution in [0.15, 0.2) is 48.5 Å². The summed E-state index contributed by atoms with van der Waals surface area (Å²) in [7, 11) is -3.28. The normalized spacial score (nSPS) is 17.5. The van der Waals surface area contributed by atoms with Crippen molar-refractivity contribution in [3.8, 4) is 17.2 Å². The van der Waals surface area contributed by atoms with Crippen LogP contribution < -0.4 is 14.8 Å². The maximum Gasteiger partial charge on any atom is 0.228 e. The number of carbonyl (C=O) groups is 1. The van der Waals surface area contributed by atoms with Crippen molar-refractivity contribution < 1.29 is 22.7 Å². The molecule has 1 saturated heterocycles. The number of rotatable bonds is 7. The smallest absolute Gasteiger partial charge is 0.228 e. The second-order valence-corrected chi connectivity index (χ2v) is 8.96. The molecule has 1 atom stereocenters. The lowest BCUT2D eigenvalue weighted by Crippen LogP contribution is -2.43. The van der Waals surface area contributed by atoms with Crippen LogP contribution >= 0.6 is 0 Å². The maximum atomic E-state index is 12.5. The first kappa shape index (κ1) is 21.1. The average Bonchev–Trinajstić information content (AvgIpc) is 2.70. The van der Waals surface area contributed by atoms with Gasteiger partial charge in [-0.3, -0.25) is 4.79 Å². The van der Waals surface area contributed by atoms with Gasteiger partial charge < -0.3 is 14.8 Å². The Morgan fingerprint density at radius 3 is 2.24 bits per heavy atom. The number of carbonyl (C=O) groups excluding carboxylic acids is 1. The second kappa shape index (κ2) is 9.28. The third kappa shape index (κ3) is 5.95.